The topological polar surface area (TPSA) is 91.2 Å². The summed E-state index contributed by atoms with van der Waals surface area (Å²) in [7, 11) is 0. The largest absolute Gasteiger partial charge is 0.389 e. The highest BCUT2D eigenvalue weighted by Gasteiger charge is 2.30. The third kappa shape index (κ3) is 3.34. The Kier molecular flexibility index (Phi) is 4.45. The number of anilines is 1. The van der Waals surface area contributed by atoms with Gasteiger partial charge in [-0.3, -0.25) is 14.8 Å². The van der Waals surface area contributed by atoms with Crippen molar-refractivity contribution in [1.82, 2.24) is 20.3 Å². The molecule has 3 heterocycles. The van der Waals surface area contributed by atoms with Crippen LogP contribution < -0.4 is 10.2 Å². The van der Waals surface area contributed by atoms with E-state index in [1.807, 2.05) is 29.2 Å². The fraction of sp³-hybridized carbons (Fsp3) is 0.263. The summed E-state index contributed by atoms with van der Waals surface area (Å²) in [5.41, 5.74) is 2.02. The fourth-order valence-electron chi connectivity index (χ4n) is 3.15. The average molecular weight is 349 g/mol. The van der Waals surface area contributed by atoms with Crippen LogP contribution in [0.5, 0.6) is 0 Å². The summed E-state index contributed by atoms with van der Waals surface area (Å²) < 4.78 is 0. The summed E-state index contributed by atoms with van der Waals surface area (Å²) in [6.07, 6.45) is 3.23. The lowest BCUT2D eigenvalue weighted by Crippen LogP contribution is -2.54. The molecule has 2 atom stereocenters. The van der Waals surface area contributed by atoms with Crippen LogP contribution in [0.1, 0.15) is 16.9 Å². The van der Waals surface area contributed by atoms with Crippen molar-refractivity contribution in [2.75, 3.05) is 18.0 Å². The molecule has 0 radical (unpaired) electrons. The predicted octanol–water partition coefficient (Wildman–Crippen LogP) is 1.39. The number of aromatic nitrogens is 3. The van der Waals surface area contributed by atoms with Crippen LogP contribution in [0, 0.1) is 0 Å². The number of piperidine rings is 1. The number of para-hydroxylation sites is 2. The maximum atomic E-state index is 12.2. The molecule has 1 aliphatic rings. The third-order valence-electron chi connectivity index (χ3n) is 4.56. The van der Waals surface area contributed by atoms with Gasteiger partial charge in [0.1, 0.15) is 11.5 Å². The second-order valence-electron chi connectivity index (χ2n) is 6.31. The highest BCUT2D eigenvalue weighted by molar-refractivity contribution is 5.92. The molecule has 2 unspecified atom stereocenters. The lowest BCUT2D eigenvalue weighted by molar-refractivity contribution is 0.0793. The number of aliphatic hydroxyl groups is 1. The van der Waals surface area contributed by atoms with Crippen LogP contribution >= 0.6 is 0 Å². The number of nitrogens with one attached hydrogen (secondary N) is 1. The Morgan fingerprint density at radius 2 is 1.92 bits per heavy atom. The van der Waals surface area contributed by atoms with Crippen molar-refractivity contribution in [3.05, 3.63) is 60.6 Å². The number of nitrogens with zero attached hydrogens (tertiary/aromatic N) is 4. The van der Waals surface area contributed by atoms with Crippen LogP contribution in [0.4, 0.5) is 5.82 Å². The number of hydrogen-bond donors (Lipinski definition) is 2. The maximum absolute atomic E-state index is 12.2. The van der Waals surface area contributed by atoms with E-state index in [0.717, 1.165) is 16.9 Å². The minimum atomic E-state index is -0.690. The van der Waals surface area contributed by atoms with E-state index < -0.39 is 6.10 Å². The molecule has 2 N–H and O–H groups in total. The highest BCUT2D eigenvalue weighted by atomic mass is 16.3. The van der Waals surface area contributed by atoms with Crippen molar-refractivity contribution < 1.29 is 9.90 Å². The lowest BCUT2D eigenvalue weighted by atomic mass is 10.0. The molecule has 26 heavy (non-hydrogen) atoms. The molecule has 2 aromatic heterocycles. The fourth-order valence-corrected chi connectivity index (χ4v) is 3.15. The number of benzene rings is 1. The number of aliphatic hydroxyl groups excluding tert-OH is 1. The molecule has 1 fully saturated rings. The van der Waals surface area contributed by atoms with Crippen LogP contribution in [0.2, 0.25) is 0 Å². The van der Waals surface area contributed by atoms with Crippen LogP contribution in [0.25, 0.3) is 11.0 Å². The van der Waals surface area contributed by atoms with E-state index in [-0.39, 0.29) is 11.9 Å². The van der Waals surface area contributed by atoms with Crippen molar-refractivity contribution in [1.29, 1.82) is 0 Å². The van der Waals surface area contributed by atoms with Gasteiger partial charge < -0.3 is 15.3 Å². The first-order valence-electron chi connectivity index (χ1n) is 8.57. The molecule has 4 rings (SSSR count). The standard InChI is InChI=1S/C19H19N5O2/c25-17-12-24(18-11-21-13-5-1-2-6-14(13)22-18)10-8-15(17)23-19(26)16-7-3-4-9-20-16/h1-7,9,11,15,17,25H,8,10,12H2,(H,23,26). The van der Waals surface area contributed by atoms with Crippen LogP contribution in [-0.2, 0) is 0 Å². The number of carbonyl (C=O) groups is 1. The SMILES string of the molecule is O=C(NC1CCN(c2cnc3ccccc3n2)CC1O)c1ccccn1. The first-order chi connectivity index (χ1) is 12.7. The molecule has 1 aliphatic heterocycles. The molecule has 0 aliphatic carbocycles. The van der Waals surface area contributed by atoms with E-state index in [2.05, 4.69) is 20.3 Å². The van der Waals surface area contributed by atoms with E-state index in [0.29, 0.717) is 25.2 Å². The van der Waals surface area contributed by atoms with Gasteiger partial charge in [0.25, 0.3) is 5.91 Å². The zero-order valence-corrected chi connectivity index (χ0v) is 14.1. The molecule has 0 saturated carbocycles. The number of amides is 1. The van der Waals surface area contributed by atoms with Gasteiger partial charge in [-0.15, -0.1) is 0 Å². The lowest BCUT2D eigenvalue weighted by Gasteiger charge is -2.36. The Morgan fingerprint density at radius 1 is 1.12 bits per heavy atom. The molecule has 3 aromatic rings. The molecule has 132 valence electrons. The van der Waals surface area contributed by atoms with Gasteiger partial charge in [-0.1, -0.05) is 18.2 Å². The normalized spacial score (nSPS) is 20.1. The van der Waals surface area contributed by atoms with E-state index in [4.69, 9.17) is 0 Å². The zero-order valence-electron chi connectivity index (χ0n) is 14.1. The smallest absolute Gasteiger partial charge is 0.270 e. The van der Waals surface area contributed by atoms with E-state index in [1.165, 1.54) is 0 Å². The molecule has 7 nitrogen and oxygen atoms in total. The molecule has 1 aromatic carbocycles. The number of β-amino-alcohol motifs (C(OH)–C–C–N with tert-alkyl or cyclic N) is 1. The van der Waals surface area contributed by atoms with Crippen molar-refractivity contribution in [2.45, 2.75) is 18.6 Å². The molecular formula is C19H19N5O2. The van der Waals surface area contributed by atoms with Crippen molar-refractivity contribution in [3.63, 3.8) is 0 Å². The van der Waals surface area contributed by atoms with Gasteiger partial charge in [0.2, 0.25) is 0 Å². The Balaban J connectivity index is 1.43. The number of hydrogen-bond acceptors (Lipinski definition) is 6. The first kappa shape index (κ1) is 16.4. The minimum Gasteiger partial charge on any atom is -0.389 e. The Bertz CT molecular complexity index is 918. The minimum absolute atomic E-state index is 0.270. The van der Waals surface area contributed by atoms with Gasteiger partial charge in [-0.2, -0.15) is 0 Å². The average Bonchev–Trinajstić information content (AvgIpc) is 2.69. The molecule has 0 bridgehead atoms. The summed E-state index contributed by atoms with van der Waals surface area (Å²) in [4.78, 5) is 27.3. The van der Waals surface area contributed by atoms with E-state index in [1.54, 1.807) is 30.6 Å². The van der Waals surface area contributed by atoms with Gasteiger partial charge in [-0.25, -0.2) is 4.98 Å². The van der Waals surface area contributed by atoms with E-state index >= 15 is 0 Å². The summed E-state index contributed by atoms with van der Waals surface area (Å²) >= 11 is 0. The number of fused-ring (bicyclic) bond motifs is 1. The molecule has 1 saturated heterocycles. The van der Waals surface area contributed by atoms with E-state index in [9.17, 15) is 9.90 Å². The van der Waals surface area contributed by atoms with Gasteiger partial charge in [0.15, 0.2) is 0 Å². The number of carbonyl (C=O) groups excluding carboxylic acids is 1. The highest BCUT2D eigenvalue weighted by Crippen LogP contribution is 2.20. The van der Waals surface area contributed by atoms with Gasteiger partial charge >= 0.3 is 0 Å². The van der Waals surface area contributed by atoms with Crippen molar-refractivity contribution in [2.24, 2.45) is 0 Å². The van der Waals surface area contributed by atoms with Crippen molar-refractivity contribution >= 4 is 22.8 Å². The summed E-state index contributed by atoms with van der Waals surface area (Å²) in [5.74, 6) is 0.464. The Labute approximate surface area is 150 Å². The summed E-state index contributed by atoms with van der Waals surface area (Å²) in [6, 6.07) is 12.6. The maximum Gasteiger partial charge on any atom is 0.270 e. The monoisotopic (exact) mass is 349 g/mol. The molecule has 1 amide bonds. The van der Waals surface area contributed by atoms with Crippen molar-refractivity contribution in [3.8, 4) is 0 Å². The quantitative estimate of drug-likeness (QED) is 0.743. The Morgan fingerprint density at radius 3 is 2.69 bits per heavy atom. The van der Waals surface area contributed by atoms with Gasteiger partial charge in [0.05, 0.1) is 29.4 Å². The second kappa shape index (κ2) is 7.05. The molecule has 7 heteroatoms. The van der Waals surface area contributed by atoms with Crippen LogP contribution in [0.15, 0.2) is 54.9 Å². The Hall–Kier alpha value is -3.06. The number of rotatable bonds is 3. The van der Waals surface area contributed by atoms with Gasteiger partial charge in [-0.05, 0) is 30.7 Å². The molecule has 0 spiro atoms. The zero-order chi connectivity index (χ0) is 17.9. The third-order valence-corrected chi connectivity index (χ3v) is 4.56. The van der Waals surface area contributed by atoms with Gasteiger partial charge in [0, 0.05) is 19.3 Å². The molecular weight excluding hydrogens is 330 g/mol. The van der Waals surface area contributed by atoms with Crippen LogP contribution in [0.3, 0.4) is 0 Å². The first-order valence-corrected chi connectivity index (χ1v) is 8.57. The summed E-state index contributed by atoms with van der Waals surface area (Å²) in [6.45, 7) is 1.07. The second-order valence-corrected chi connectivity index (χ2v) is 6.31. The number of pyridine rings is 1. The van der Waals surface area contributed by atoms with Crippen LogP contribution in [-0.4, -0.2) is 51.2 Å². The predicted molar refractivity (Wildman–Crippen MR) is 97.9 cm³/mol. The summed E-state index contributed by atoms with van der Waals surface area (Å²) in [5, 5.41) is 13.4.